The van der Waals surface area contributed by atoms with Gasteiger partial charge in [-0.25, -0.2) is 4.99 Å². The Labute approximate surface area is 187 Å². The fourth-order valence-corrected chi connectivity index (χ4v) is 2.56. The predicted molar refractivity (Wildman–Crippen MR) is 120 cm³/mol. The normalized spacial score (nSPS) is 11.0. The number of aliphatic imine (C=N–C) groups is 1. The molecule has 0 saturated carbocycles. The van der Waals surface area contributed by atoms with E-state index >= 15 is 0 Å². The van der Waals surface area contributed by atoms with Crippen LogP contribution in [0.4, 0.5) is 8.78 Å². The average molecular weight is 520 g/mol. The van der Waals surface area contributed by atoms with Crippen molar-refractivity contribution in [1.82, 2.24) is 15.6 Å². The maximum atomic E-state index is 12.8. The molecule has 29 heavy (non-hydrogen) atoms. The standard InChI is InChI=1S/C20H26F2N4O2.HI/c1-4-23-20(25-13-16-10-6-8-14(3)26-16)24-12-15-9-7-11-17(27-5-2)18(15)28-19(21)22;/h6-11,19H,4-5,12-13H2,1-3H3,(H2,23,24,25);1H. The van der Waals surface area contributed by atoms with Crippen molar-refractivity contribution >= 4 is 29.9 Å². The Kier molecular flexibility index (Phi) is 11.3. The highest BCUT2D eigenvalue weighted by Crippen LogP contribution is 2.33. The number of pyridine rings is 1. The molecule has 0 aliphatic heterocycles. The Hall–Kier alpha value is -2.17. The number of halogens is 3. The van der Waals surface area contributed by atoms with Crippen molar-refractivity contribution in [3.05, 3.63) is 53.3 Å². The Morgan fingerprint density at radius 2 is 1.90 bits per heavy atom. The van der Waals surface area contributed by atoms with E-state index in [1.807, 2.05) is 32.0 Å². The molecule has 2 N–H and O–H groups in total. The number of ether oxygens (including phenoxy) is 2. The smallest absolute Gasteiger partial charge is 0.387 e. The zero-order valence-electron chi connectivity index (χ0n) is 16.7. The third-order valence-corrected chi connectivity index (χ3v) is 3.70. The molecule has 0 spiro atoms. The maximum Gasteiger partial charge on any atom is 0.387 e. The Balaban J connectivity index is 0.00000420. The summed E-state index contributed by atoms with van der Waals surface area (Å²) in [4.78, 5) is 8.91. The van der Waals surface area contributed by atoms with Crippen LogP contribution in [0.15, 0.2) is 41.4 Å². The van der Waals surface area contributed by atoms with E-state index in [0.29, 0.717) is 31.2 Å². The molecule has 1 aromatic carbocycles. The van der Waals surface area contributed by atoms with Gasteiger partial charge in [0.15, 0.2) is 17.5 Å². The van der Waals surface area contributed by atoms with Crippen LogP contribution < -0.4 is 20.1 Å². The van der Waals surface area contributed by atoms with Crippen LogP contribution in [0.3, 0.4) is 0 Å². The molecule has 0 aliphatic rings. The van der Waals surface area contributed by atoms with Gasteiger partial charge in [-0.1, -0.05) is 18.2 Å². The second kappa shape index (κ2) is 13.1. The van der Waals surface area contributed by atoms with Crippen LogP contribution in [-0.2, 0) is 13.1 Å². The summed E-state index contributed by atoms with van der Waals surface area (Å²) in [6.45, 7) is 4.37. The van der Waals surface area contributed by atoms with Gasteiger partial charge in [-0.3, -0.25) is 4.98 Å². The first-order valence-electron chi connectivity index (χ1n) is 9.17. The molecule has 2 aromatic rings. The fourth-order valence-electron chi connectivity index (χ4n) is 2.56. The summed E-state index contributed by atoms with van der Waals surface area (Å²) >= 11 is 0. The third-order valence-electron chi connectivity index (χ3n) is 3.70. The summed E-state index contributed by atoms with van der Waals surface area (Å²) in [6, 6.07) is 10.8. The predicted octanol–water partition coefficient (Wildman–Crippen LogP) is 4.26. The number of nitrogens with one attached hydrogen (secondary N) is 2. The number of hydrogen-bond acceptors (Lipinski definition) is 4. The topological polar surface area (TPSA) is 67.8 Å². The second-order valence-electron chi connectivity index (χ2n) is 5.87. The van der Waals surface area contributed by atoms with Gasteiger partial charge in [0.25, 0.3) is 0 Å². The van der Waals surface area contributed by atoms with E-state index in [-0.39, 0.29) is 42.0 Å². The molecule has 160 valence electrons. The second-order valence-corrected chi connectivity index (χ2v) is 5.87. The van der Waals surface area contributed by atoms with E-state index in [1.54, 1.807) is 25.1 Å². The highest BCUT2D eigenvalue weighted by Gasteiger charge is 2.15. The highest BCUT2D eigenvalue weighted by molar-refractivity contribution is 14.0. The van der Waals surface area contributed by atoms with E-state index in [4.69, 9.17) is 4.74 Å². The van der Waals surface area contributed by atoms with E-state index in [9.17, 15) is 8.78 Å². The van der Waals surface area contributed by atoms with Crippen molar-refractivity contribution in [1.29, 1.82) is 0 Å². The number of nitrogens with zero attached hydrogens (tertiary/aromatic N) is 2. The lowest BCUT2D eigenvalue weighted by molar-refractivity contribution is -0.0520. The van der Waals surface area contributed by atoms with Gasteiger partial charge in [0, 0.05) is 17.8 Å². The zero-order chi connectivity index (χ0) is 20.4. The molecular weight excluding hydrogens is 493 g/mol. The van der Waals surface area contributed by atoms with Crippen LogP contribution in [0.1, 0.15) is 30.8 Å². The van der Waals surface area contributed by atoms with Crippen LogP contribution in [0.2, 0.25) is 0 Å². The zero-order valence-corrected chi connectivity index (χ0v) is 19.1. The van der Waals surface area contributed by atoms with E-state index in [1.165, 1.54) is 0 Å². The maximum absolute atomic E-state index is 12.8. The number of rotatable bonds is 9. The Morgan fingerprint density at radius 3 is 2.55 bits per heavy atom. The largest absolute Gasteiger partial charge is 0.490 e. The van der Waals surface area contributed by atoms with Gasteiger partial charge in [-0.05, 0) is 39.0 Å². The molecule has 2 rings (SSSR count). The summed E-state index contributed by atoms with van der Waals surface area (Å²) < 4.78 is 35.8. The van der Waals surface area contributed by atoms with Gasteiger partial charge < -0.3 is 20.1 Å². The number of benzene rings is 1. The lowest BCUT2D eigenvalue weighted by Crippen LogP contribution is -2.37. The van der Waals surface area contributed by atoms with Crippen molar-refractivity contribution in [2.24, 2.45) is 4.99 Å². The lowest BCUT2D eigenvalue weighted by atomic mass is 10.2. The van der Waals surface area contributed by atoms with E-state index < -0.39 is 6.61 Å². The van der Waals surface area contributed by atoms with Crippen LogP contribution in [-0.4, -0.2) is 30.7 Å². The highest BCUT2D eigenvalue weighted by atomic mass is 127. The molecule has 0 bridgehead atoms. The van der Waals surface area contributed by atoms with Crippen molar-refractivity contribution in [2.75, 3.05) is 13.2 Å². The molecule has 1 aromatic heterocycles. The van der Waals surface area contributed by atoms with Crippen molar-refractivity contribution in [3.8, 4) is 11.5 Å². The summed E-state index contributed by atoms with van der Waals surface area (Å²) in [7, 11) is 0. The fraction of sp³-hybridized carbons (Fsp3) is 0.400. The average Bonchev–Trinajstić information content (AvgIpc) is 2.66. The molecule has 1 heterocycles. The summed E-state index contributed by atoms with van der Waals surface area (Å²) in [6.07, 6.45) is 0. The number of guanidine groups is 1. The van der Waals surface area contributed by atoms with Gasteiger partial charge in [-0.15, -0.1) is 24.0 Å². The molecule has 9 heteroatoms. The van der Waals surface area contributed by atoms with Crippen molar-refractivity contribution in [2.45, 2.75) is 40.5 Å². The first kappa shape index (κ1) is 24.9. The van der Waals surface area contributed by atoms with Crippen molar-refractivity contribution in [3.63, 3.8) is 0 Å². The third kappa shape index (κ3) is 8.38. The van der Waals surface area contributed by atoms with Crippen LogP contribution >= 0.6 is 24.0 Å². The number of aryl methyl sites for hydroxylation is 1. The first-order chi connectivity index (χ1) is 13.5. The van der Waals surface area contributed by atoms with Gasteiger partial charge in [0.05, 0.1) is 25.4 Å². The minimum atomic E-state index is -2.94. The minimum absolute atomic E-state index is 0. The first-order valence-corrected chi connectivity index (χ1v) is 9.17. The van der Waals surface area contributed by atoms with Crippen LogP contribution in [0.5, 0.6) is 11.5 Å². The van der Waals surface area contributed by atoms with Gasteiger partial charge >= 0.3 is 6.61 Å². The number of alkyl halides is 2. The quantitative estimate of drug-likeness (QED) is 0.294. The minimum Gasteiger partial charge on any atom is -0.490 e. The molecule has 0 radical (unpaired) electrons. The molecule has 6 nitrogen and oxygen atoms in total. The molecule has 0 aliphatic carbocycles. The monoisotopic (exact) mass is 520 g/mol. The molecule has 0 unspecified atom stereocenters. The molecular formula is C20H27F2IN4O2. The van der Waals surface area contributed by atoms with Gasteiger partial charge in [0.2, 0.25) is 0 Å². The van der Waals surface area contributed by atoms with E-state index in [2.05, 4.69) is 25.3 Å². The molecule has 0 fully saturated rings. The summed E-state index contributed by atoms with van der Waals surface area (Å²) in [5.74, 6) is 0.840. The number of aromatic nitrogens is 1. The summed E-state index contributed by atoms with van der Waals surface area (Å²) in [5, 5.41) is 6.32. The Bertz CT molecular complexity index is 791. The van der Waals surface area contributed by atoms with Crippen LogP contribution in [0, 0.1) is 6.92 Å². The number of para-hydroxylation sites is 1. The van der Waals surface area contributed by atoms with Crippen molar-refractivity contribution < 1.29 is 18.3 Å². The SMILES string of the molecule is CCNC(=NCc1cccc(OCC)c1OC(F)F)NCc1cccc(C)n1.I. The summed E-state index contributed by atoms with van der Waals surface area (Å²) in [5.41, 5.74) is 2.32. The molecule has 0 saturated heterocycles. The van der Waals surface area contributed by atoms with Gasteiger partial charge in [0.1, 0.15) is 0 Å². The lowest BCUT2D eigenvalue weighted by Gasteiger charge is -2.15. The Morgan fingerprint density at radius 1 is 1.14 bits per heavy atom. The number of hydrogen-bond donors (Lipinski definition) is 2. The molecule has 0 amide bonds. The van der Waals surface area contributed by atoms with Crippen LogP contribution in [0.25, 0.3) is 0 Å². The molecule has 0 atom stereocenters. The van der Waals surface area contributed by atoms with E-state index in [0.717, 1.165) is 11.4 Å². The van der Waals surface area contributed by atoms with Gasteiger partial charge in [-0.2, -0.15) is 8.78 Å².